The van der Waals surface area contributed by atoms with Gasteiger partial charge in [-0.1, -0.05) is 33.8 Å². The van der Waals surface area contributed by atoms with Crippen LogP contribution in [0, 0.1) is 11.2 Å². The molecule has 0 unspecified atom stereocenters. The van der Waals surface area contributed by atoms with Crippen molar-refractivity contribution in [1.82, 2.24) is 10.0 Å². The van der Waals surface area contributed by atoms with Crippen LogP contribution in [0.1, 0.15) is 33.3 Å². The molecular formula is C14H23FN2O2S. The number of hydrogen-bond acceptors (Lipinski definition) is 3. The first-order chi connectivity index (χ1) is 9.15. The largest absolute Gasteiger partial charge is 0.313 e. The second kappa shape index (κ2) is 6.65. The minimum Gasteiger partial charge on any atom is -0.313 e. The van der Waals surface area contributed by atoms with Gasteiger partial charge in [0, 0.05) is 13.1 Å². The van der Waals surface area contributed by atoms with Crippen LogP contribution >= 0.6 is 0 Å². The number of sulfonamides is 1. The molecule has 0 saturated heterocycles. The monoisotopic (exact) mass is 302 g/mol. The molecule has 2 N–H and O–H groups in total. The van der Waals surface area contributed by atoms with E-state index in [1.54, 1.807) is 6.07 Å². The second-order valence-corrected chi connectivity index (χ2v) is 7.67. The highest BCUT2D eigenvalue weighted by Gasteiger charge is 2.22. The lowest BCUT2D eigenvalue weighted by molar-refractivity contribution is 0.407. The topological polar surface area (TPSA) is 58.2 Å². The molecule has 0 saturated carbocycles. The Bertz CT molecular complexity index is 551. The van der Waals surface area contributed by atoms with E-state index in [2.05, 4.69) is 10.0 Å². The molecule has 0 bridgehead atoms. The Morgan fingerprint density at radius 1 is 1.25 bits per heavy atom. The second-order valence-electron chi connectivity index (χ2n) is 5.93. The fourth-order valence-electron chi connectivity index (χ4n) is 1.52. The Hall–Kier alpha value is -0.980. The van der Waals surface area contributed by atoms with Gasteiger partial charge in [0.15, 0.2) is 0 Å². The third-order valence-electron chi connectivity index (χ3n) is 2.66. The molecule has 0 aliphatic carbocycles. The van der Waals surface area contributed by atoms with Crippen LogP contribution in [0.5, 0.6) is 0 Å². The van der Waals surface area contributed by atoms with Crippen LogP contribution in [0.2, 0.25) is 0 Å². The van der Waals surface area contributed by atoms with E-state index in [1.807, 2.05) is 27.7 Å². The molecule has 1 aromatic carbocycles. The Morgan fingerprint density at radius 3 is 2.45 bits per heavy atom. The van der Waals surface area contributed by atoms with Crippen molar-refractivity contribution in [3.8, 4) is 0 Å². The van der Waals surface area contributed by atoms with E-state index in [0.717, 1.165) is 12.1 Å². The average molecular weight is 302 g/mol. The van der Waals surface area contributed by atoms with E-state index in [1.165, 1.54) is 12.1 Å². The van der Waals surface area contributed by atoms with Crippen LogP contribution in [-0.4, -0.2) is 21.5 Å². The van der Waals surface area contributed by atoms with Gasteiger partial charge >= 0.3 is 0 Å². The summed E-state index contributed by atoms with van der Waals surface area (Å²) < 4.78 is 40.5. The number of benzene rings is 1. The van der Waals surface area contributed by atoms with E-state index in [4.69, 9.17) is 0 Å². The molecule has 6 heteroatoms. The van der Waals surface area contributed by atoms with Gasteiger partial charge in [0.1, 0.15) is 10.7 Å². The zero-order chi connectivity index (χ0) is 15.4. The molecule has 1 rings (SSSR count). The van der Waals surface area contributed by atoms with Crippen molar-refractivity contribution in [3.63, 3.8) is 0 Å². The molecule has 0 aromatic heterocycles. The fraction of sp³-hybridized carbons (Fsp3) is 0.571. The van der Waals surface area contributed by atoms with Crippen LogP contribution in [0.3, 0.4) is 0 Å². The molecule has 20 heavy (non-hydrogen) atoms. The summed E-state index contributed by atoms with van der Waals surface area (Å²) in [6.45, 7) is 9.22. The van der Waals surface area contributed by atoms with Crippen LogP contribution in [0.15, 0.2) is 23.1 Å². The molecule has 0 aliphatic heterocycles. The first-order valence-corrected chi connectivity index (χ1v) is 8.13. The lowest BCUT2D eigenvalue weighted by atomic mass is 9.98. The van der Waals surface area contributed by atoms with Crippen molar-refractivity contribution in [2.45, 2.75) is 39.1 Å². The van der Waals surface area contributed by atoms with Gasteiger partial charge in [-0.15, -0.1) is 0 Å². The third kappa shape index (κ3) is 5.19. The normalized spacial score (nSPS) is 12.7. The summed E-state index contributed by atoms with van der Waals surface area (Å²) in [7, 11) is -3.82. The highest BCUT2D eigenvalue weighted by atomic mass is 32.2. The van der Waals surface area contributed by atoms with Crippen molar-refractivity contribution >= 4 is 10.0 Å². The van der Waals surface area contributed by atoms with Crippen LogP contribution < -0.4 is 10.0 Å². The highest BCUT2D eigenvalue weighted by Crippen LogP contribution is 2.18. The quantitative estimate of drug-likeness (QED) is 0.847. The molecule has 114 valence electrons. The minimum atomic E-state index is -3.82. The Balaban J connectivity index is 2.98. The molecule has 0 aliphatic rings. The first kappa shape index (κ1) is 17.1. The number of rotatable bonds is 6. The third-order valence-corrected chi connectivity index (χ3v) is 4.07. The van der Waals surface area contributed by atoms with E-state index < -0.39 is 15.8 Å². The summed E-state index contributed by atoms with van der Waals surface area (Å²) in [4.78, 5) is -0.294. The molecule has 0 radical (unpaired) electrons. The SMILES string of the molecule is CCNCc1ccc(F)c(S(=O)(=O)NCC(C)(C)C)c1. The van der Waals surface area contributed by atoms with E-state index in [0.29, 0.717) is 6.54 Å². The Kier molecular flexibility index (Phi) is 5.68. The van der Waals surface area contributed by atoms with Crippen molar-refractivity contribution in [1.29, 1.82) is 0 Å². The van der Waals surface area contributed by atoms with Crippen molar-refractivity contribution < 1.29 is 12.8 Å². The van der Waals surface area contributed by atoms with Gasteiger partial charge in [-0.3, -0.25) is 0 Å². The fourth-order valence-corrected chi connectivity index (χ4v) is 2.93. The number of nitrogens with one attached hydrogen (secondary N) is 2. The molecule has 4 nitrogen and oxygen atoms in total. The van der Waals surface area contributed by atoms with Gasteiger partial charge < -0.3 is 5.32 Å². The Labute approximate surface area is 120 Å². The number of halogens is 1. The van der Waals surface area contributed by atoms with E-state index >= 15 is 0 Å². The van der Waals surface area contributed by atoms with Gasteiger partial charge in [0.25, 0.3) is 0 Å². The molecule has 0 heterocycles. The van der Waals surface area contributed by atoms with Crippen molar-refractivity contribution in [2.24, 2.45) is 5.41 Å². The molecule has 0 amide bonds. The molecule has 0 fully saturated rings. The summed E-state index contributed by atoms with van der Waals surface area (Å²) >= 11 is 0. The minimum absolute atomic E-state index is 0.203. The predicted octanol–water partition coefficient (Wildman–Crippen LogP) is 2.26. The maximum atomic E-state index is 13.8. The maximum Gasteiger partial charge on any atom is 0.243 e. The summed E-state index contributed by atoms with van der Waals surface area (Å²) in [6.07, 6.45) is 0. The van der Waals surface area contributed by atoms with Crippen LogP contribution in [-0.2, 0) is 16.6 Å². The van der Waals surface area contributed by atoms with Crippen LogP contribution in [0.4, 0.5) is 4.39 Å². The lowest BCUT2D eigenvalue weighted by Gasteiger charge is -2.19. The summed E-state index contributed by atoms with van der Waals surface area (Å²) in [5.74, 6) is -0.730. The van der Waals surface area contributed by atoms with Gasteiger partial charge in [-0.25, -0.2) is 17.5 Å². The molecular weight excluding hydrogens is 279 g/mol. The molecule has 0 spiro atoms. The van der Waals surface area contributed by atoms with Gasteiger partial charge in [0.05, 0.1) is 0 Å². The van der Waals surface area contributed by atoms with E-state index in [9.17, 15) is 12.8 Å². The smallest absolute Gasteiger partial charge is 0.243 e. The van der Waals surface area contributed by atoms with Crippen molar-refractivity contribution in [2.75, 3.05) is 13.1 Å². The van der Waals surface area contributed by atoms with Crippen LogP contribution in [0.25, 0.3) is 0 Å². The average Bonchev–Trinajstić information content (AvgIpc) is 2.34. The first-order valence-electron chi connectivity index (χ1n) is 6.64. The number of hydrogen-bond donors (Lipinski definition) is 2. The van der Waals surface area contributed by atoms with Crippen molar-refractivity contribution in [3.05, 3.63) is 29.6 Å². The summed E-state index contributed by atoms with van der Waals surface area (Å²) in [6, 6.07) is 4.15. The standard InChI is InChI=1S/C14H23FN2O2S/c1-5-16-9-11-6-7-12(15)13(8-11)20(18,19)17-10-14(2,3)4/h6-8,16-17H,5,9-10H2,1-4H3. The highest BCUT2D eigenvalue weighted by molar-refractivity contribution is 7.89. The van der Waals surface area contributed by atoms with Gasteiger partial charge in [-0.05, 0) is 29.7 Å². The van der Waals surface area contributed by atoms with Gasteiger partial charge in [0.2, 0.25) is 10.0 Å². The predicted molar refractivity (Wildman–Crippen MR) is 78.4 cm³/mol. The van der Waals surface area contributed by atoms with E-state index in [-0.39, 0.29) is 16.9 Å². The zero-order valence-corrected chi connectivity index (χ0v) is 13.3. The summed E-state index contributed by atoms with van der Waals surface area (Å²) in [5.41, 5.74) is 0.537. The lowest BCUT2D eigenvalue weighted by Crippen LogP contribution is -2.32. The molecule has 0 atom stereocenters. The maximum absolute atomic E-state index is 13.8. The molecule has 1 aromatic rings. The summed E-state index contributed by atoms with van der Waals surface area (Å²) in [5, 5.41) is 3.08. The van der Waals surface area contributed by atoms with Gasteiger partial charge in [-0.2, -0.15) is 0 Å². The zero-order valence-electron chi connectivity index (χ0n) is 12.5. The Morgan fingerprint density at radius 2 is 1.90 bits per heavy atom.